The van der Waals surface area contributed by atoms with Gasteiger partial charge in [0.2, 0.25) is 17.7 Å². The van der Waals surface area contributed by atoms with Crippen LogP contribution in [-0.2, 0) is 24.4 Å². The molecule has 1 fully saturated rings. The van der Waals surface area contributed by atoms with Crippen molar-refractivity contribution in [2.24, 2.45) is 0 Å². The van der Waals surface area contributed by atoms with Crippen LogP contribution in [0.15, 0.2) is 106 Å². The van der Waals surface area contributed by atoms with Crippen LogP contribution in [0.5, 0.6) is 5.75 Å². The monoisotopic (exact) mass is 617 g/mol. The molecule has 2 amide bonds. The van der Waals surface area contributed by atoms with Gasteiger partial charge in [0.25, 0.3) is 5.24 Å². The molecule has 3 aromatic carbocycles. The zero-order valence-corrected chi connectivity index (χ0v) is 25.3. The Kier molecular flexibility index (Phi) is 9.67. The molecule has 5 aromatic rings. The van der Waals surface area contributed by atoms with E-state index in [0.29, 0.717) is 36.2 Å². The van der Waals surface area contributed by atoms with Crippen LogP contribution in [0.1, 0.15) is 52.7 Å². The van der Waals surface area contributed by atoms with E-state index in [4.69, 9.17) is 13.6 Å². The van der Waals surface area contributed by atoms with Gasteiger partial charge in [-0.3, -0.25) is 14.5 Å². The first-order chi connectivity index (χ1) is 22.1. The first kappa shape index (κ1) is 29.9. The van der Waals surface area contributed by atoms with Crippen molar-refractivity contribution in [3.63, 3.8) is 0 Å². The number of ether oxygens (including phenoxy) is 1. The summed E-state index contributed by atoms with van der Waals surface area (Å²) in [6, 6.07) is 27.7. The van der Waals surface area contributed by atoms with E-state index in [0.717, 1.165) is 47.0 Å². The highest BCUT2D eigenvalue weighted by Crippen LogP contribution is 2.32. The number of hydrogen-bond donors (Lipinski definition) is 0. The zero-order valence-electron chi connectivity index (χ0n) is 24.5. The molecule has 1 saturated heterocycles. The van der Waals surface area contributed by atoms with Gasteiger partial charge in [-0.15, -0.1) is 0 Å². The Bertz CT molecular complexity index is 1780. The molecular formula is C36H31N3O5S. The number of rotatable bonds is 13. The maximum absolute atomic E-state index is 13.0. The highest BCUT2D eigenvalue weighted by Gasteiger charge is 2.39. The van der Waals surface area contributed by atoms with Crippen LogP contribution < -0.4 is 4.74 Å². The van der Waals surface area contributed by atoms with Gasteiger partial charge in [0.05, 0.1) is 17.5 Å². The van der Waals surface area contributed by atoms with Crippen LogP contribution in [0, 0.1) is 0 Å². The number of amides is 2. The Morgan fingerprint density at radius 3 is 2.00 bits per heavy atom. The van der Waals surface area contributed by atoms with Crippen molar-refractivity contribution in [1.29, 1.82) is 0 Å². The standard InChI is InChI=1S/C36H31N3O5S/c40-35-32(45-36(41)39(35)22-29-23-43-33(37-29)20-16-26-8-3-1-4-9-26)13-7-12-28-14-18-31(19-15-28)42-24-30-25-44-34(38-30)21-17-27-10-5-2-6-11-27/h1-6,8-11,14-21,23,25,32H,7,12-13,22,24H2/b20-16+,21-17+. The minimum absolute atomic E-state index is 0.103. The summed E-state index contributed by atoms with van der Waals surface area (Å²) in [6.45, 7) is 0.402. The number of hydrogen-bond acceptors (Lipinski definition) is 8. The van der Waals surface area contributed by atoms with Gasteiger partial charge in [0.15, 0.2) is 0 Å². The molecular weight excluding hydrogens is 586 g/mol. The Morgan fingerprint density at radius 1 is 0.756 bits per heavy atom. The average Bonchev–Trinajstić information content (AvgIpc) is 3.80. The van der Waals surface area contributed by atoms with E-state index >= 15 is 0 Å². The van der Waals surface area contributed by atoms with Gasteiger partial charge >= 0.3 is 0 Å². The van der Waals surface area contributed by atoms with Crippen LogP contribution in [0.2, 0.25) is 0 Å². The quantitative estimate of drug-likeness (QED) is 0.130. The van der Waals surface area contributed by atoms with E-state index in [1.165, 1.54) is 11.2 Å². The third-order valence-corrected chi connectivity index (χ3v) is 8.29. The molecule has 0 spiro atoms. The summed E-state index contributed by atoms with van der Waals surface area (Å²) < 4.78 is 16.9. The van der Waals surface area contributed by atoms with Crippen LogP contribution in [0.4, 0.5) is 4.79 Å². The van der Waals surface area contributed by atoms with Crippen LogP contribution >= 0.6 is 11.8 Å². The summed E-state index contributed by atoms with van der Waals surface area (Å²) in [5.74, 6) is 1.51. The summed E-state index contributed by atoms with van der Waals surface area (Å²) in [4.78, 5) is 35.7. The van der Waals surface area contributed by atoms with E-state index in [1.54, 1.807) is 12.3 Å². The van der Waals surface area contributed by atoms with Crippen molar-refractivity contribution in [3.05, 3.63) is 137 Å². The first-order valence-electron chi connectivity index (χ1n) is 14.7. The molecule has 1 aliphatic heterocycles. The van der Waals surface area contributed by atoms with Crippen molar-refractivity contribution >= 4 is 47.2 Å². The molecule has 6 rings (SSSR count). The molecule has 1 aliphatic rings. The zero-order chi connectivity index (χ0) is 30.8. The van der Waals surface area contributed by atoms with Gasteiger partial charge in [0.1, 0.15) is 30.6 Å². The smallest absolute Gasteiger partial charge is 0.289 e. The molecule has 0 saturated carbocycles. The number of carbonyl (C=O) groups is 2. The number of thioether (sulfide) groups is 1. The maximum atomic E-state index is 13.0. The molecule has 2 aromatic heterocycles. The topological polar surface area (TPSA) is 98.7 Å². The van der Waals surface area contributed by atoms with Crippen molar-refractivity contribution < 1.29 is 23.2 Å². The molecule has 0 radical (unpaired) electrons. The lowest BCUT2D eigenvalue weighted by molar-refractivity contribution is -0.127. The van der Waals surface area contributed by atoms with E-state index in [1.807, 2.05) is 103 Å². The Morgan fingerprint density at radius 2 is 1.36 bits per heavy atom. The fraction of sp³-hybridized carbons (Fsp3) is 0.167. The number of carbonyl (C=O) groups excluding carboxylic acids is 2. The van der Waals surface area contributed by atoms with Gasteiger partial charge in [-0.1, -0.05) is 84.6 Å². The first-order valence-corrected chi connectivity index (χ1v) is 15.6. The summed E-state index contributed by atoms with van der Waals surface area (Å²) in [5.41, 5.74) is 4.47. The van der Waals surface area contributed by atoms with E-state index in [9.17, 15) is 9.59 Å². The highest BCUT2D eigenvalue weighted by molar-refractivity contribution is 8.15. The normalized spacial score (nSPS) is 15.1. The minimum atomic E-state index is -0.389. The second-order valence-electron chi connectivity index (χ2n) is 10.5. The van der Waals surface area contributed by atoms with Gasteiger partial charge < -0.3 is 13.6 Å². The lowest BCUT2D eigenvalue weighted by atomic mass is 10.1. The second-order valence-corrected chi connectivity index (χ2v) is 11.6. The maximum Gasteiger partial charge on any atom is 0.289 e. The molecule has 3 heterocycles. The van der Waals surface area contributed by atoms with Crippen molar-refractivity contribution in [2.45, 2.75) is 37.7 Å². The lowest BCUT2D eigenvalue weighted by Crippen LogP contribution is -2.31. The Labute approximate surface area is 265 Å². The SMILES string of the molecule is O=C1SC(CCCc2ccc(OCc3coc(/C=C/c4ccccc4)n3)cc2)C(=O)N1Cc1coc(/C=C/c2ccccc2)n1. The van der Waals surface area contributed by atoms with Crippen LogP contribution in [-0.4, -0.2) is 31.3 Å². The summed E-state index contributed by atoms with van der Waals surface area (Å²) in [5, 5.41) is -0.637. The summed E-state index contributed by atoms with van der Waals surface area (Å²) in [6.07, 6.45) is 12.7. The largest absolute Gasteiger partial charge is 0.487 e. The molecule has 45 heavy (non-hydrogen) atoms. The van der Waals surface area contributed by atoms with Gasteiger partial charge in [-0.05, 0) is 60.2 Å². The van der Waals surface area contributed by atoms with Gasteiger partial charge in [-0.25, -0.2) is 9.97 Å². The fourth-order valence-electron chi connectivity index (χ4n) is 4.79. The number of aryl methyl sites for hydroxylation is 1. The molecule has 226 valence electrons. The molecule has 8 nitrogen and oxygen atoms in total. The summed E-state index contributed by atoms with van der Waals surface area (Å²) in [7, 11) is 0. The Hall–Kier alpha value is -5.15. The van der Waals surface area contributed by atoms with E-state index in [2.05, 4.69) is 9.97 Å². The molecule has 0 N–H and O–H groups in total. The molecule has 1 atom stereocenters. The van der Waals surface area contributed by atoms with Gasteiger partial charge in [0, 0.05) is 12.2 Å². The fourth-order valence-corrected chi connectivity index (χ4v) is 5.83. The average molecular weight is 618 g/mol. The molecule has 0 aliphatic carbocycles. The van der Waals surface area contributed by atoms with Gasteiger partial charge in [-0.2, -0.15) is 0 Å². The molecule has 9 heteroatoms. The van der Waals surface area contributed by atoms with E-state index in [-0.39, 0.29) is 22.9 Å². The van der Waals surface area contributed by atoms with Crippen molar-refractivity contribution in [1.82, 2.24) is 14.9 Å². The highest BCUT2D eigenvalue weighted by atomic mass is 32.2. The number of aromatic nitrogens is 2. The third kappa shape index (κ3) is 8.27. The summed E-state index contributed by atoms with van der Waals surface area (Å²) >= 11 is 1.09. The predicted octanol–water partition coefficient (Wildman–Crippen LogP) is 8.17. The van der Waals surface area contributed by atoms with Crippen LogP contribution in [0.25, 0.3) is 24.3 Å². The second kappa shape index (κ2) is 14.5. The van der Waals surface area contributed by atoms with E-state index < -0.39 is 0 Å². The number of imide groups is 1. The minimum Gasteiger partial charge on any atom is -0.487 e. The third-order valence-electron chi connectivity index (χ3n) is 7.14. The Balaban J connectivity index is 0.927. The number of oxazole rings is 2. The van der Waals surface area contributed by atoms with Crippen molar-refractivity contribution in [3.8, 4) is 5.75 Å². The number of nitrogens with zero attached hydrogens (tertiary/aromatic N) is 3. The van der Waals surface area contributed by atoms with Crippen molar-refractivity contribution in [2.75, 3.05) is 0 Å². The number of benzene rings is 3. The molecule has 1 unspecified atom stereocenters. The predicted molar refractivity (Wildman–Crippen MR) is 175 cm³/mol. The lowest BCUT2D eigenvalue weighted by Gasteiger charge is -2.12. The molecule has 0 bridgehead atoms. The van der Waals surface area contributed by atoms with Crippen LogP contribution in [0.3, 0.4) is 0 Å².